The lowest BCUT2D eigenvalue weighted by Crippen LogP contribution is -2.38. The molecule has 1 atom stereocenters. The zero-order chi connectivity index (χ0) is 8.44. The van der Waals surface area contributed by atoms with Crippen LogP contribution in [0.2, 0.25) is 0 Å². The maximum absolute atomic E-state index is 9.84. The summed E-state index contributed by atoms with van der Waals surface area (Å²) in [5, 5.41) is 13.3. The van der Waals surface area contributed by atoms with Crippen molar-refractivity contribution in [1.29, 1.82) is 0 Å². The van der Waals surface area contributed by atoms with Gasteiger partial charge in [0.15, 0.2) is 0 Å². The molecule has 0 radical (unpaired) electrons. The Labute approximate surface area is 74.4 Å². The Hall–Kier alpha value is -0.0800. The minimum Gasteiger partial charge on any atom is -0.390 e. The zero-order valence-corrected chi connectivity index (χ0v) is 7.68. The summed E-state index contributed by atoms with van der Waals surface area (Å²) in [5.74, 6) is 0. The van der Waals surface area contributed by atoms with E-state index in [4.69, 9.17) is 0 Å². The van der Waals surface area contributed by atoms with Crippen molar-refractivity contribution in [2.75, 3.05) is 6.54 Å². The zero-order valence-electron chi connectivity index (χ0n) is 7.68. The van der Waals surface area contributed by atoms with Crippen LogP contribution in [0.4, 0.5) is 0 Å². The van der Waals surface area contributed by atoms with Crippen LogP contribution in [0.25, 0.3) is 0 Å². The van der Waals surface area contributed by atoms with Gasteiger partial charge in [0.05, 0.1) is 5.60 Å². The summed E-state index contributed by atoms with van der Waals surface area (Å²) >= 11 is 0. The number of nitrogens with one attached hydrogen (secondary N) is 1. The molecule has 1 aliphatic heterocycles. The maximum atomic E-state index is 9.84. The SMILES string of the molecule is OC1(CCC2CCCN2)CCC1. The number of aliphatic hydroxyl groups is 1. The lowest BCUT2D eigenvalue weighted by atomic mass is 9.76. The van der Waals surface area contributed by atoms with Gasteiger partial charge < -0.3 is 10.4 Å². The van der Waals surface area contributed by atoms with Crippen LogP contribution in [0, 0.1) is 0 Å². The lowest BCUT2D eigenvalue weighted by Gasteiger charge is -2.37. The standard InChI is InChI=1S/C10H19NO/c12-10(5-2-6-10)7-4-9-3-1-8-11-9/h9,11-12H,1-8H2. The van der Waals surface area contributed by atoms with Crippen molar-refractivity contribution in [2.45, 2.75) is 56.6 Å². The molecule has 2 nitrogen and oxygen atoms in total. The Morgan fingerprint density at radius 1 is 1.33 bits per heavy atom. The molecule has 0 aromatic carbocycles. The predicted molar refractivity (Wildman–Crippen MR) is 49.1 cm³/mol. The van der Waals surface area contributed by atoms with Gasteiger partial charge in [0, 0.05) is 6.04 Å². The van der Waals surface area contributed by atoms with E-state index in [1.807, 2.05) is 0 Å². The molecule has 0 spiro atoms. The molecule has 70 valence electrons. The molecule has 2 aliphatic rings. The highest BCUT2D eigenvalue weighted by Crippen LogP contribution is 2.36. The van der Waals surface area contributed by atoms with E-state index in [0.29, 0.717) is 6.04 Å². The number of hydrogen-bond acceptors (Lipinski definition) is 2. The van der Waals surface area contributed by atoms with Gasteiger partial charge in [0.2, 0.25) is 0 Å². The summed E-state index contributed by atoms with van der Waals surface area (Å²) in [4.78, 5) is 0. The Kier molecular flexibility index (Phi) is 2.37. The molecule has 1 heterocycles. The van der Waals surface area contributed by atoms with E-state index in [2.05, 4.69) is 5.32 Å². The van der Waals surface area contributed by atoms with Crippen LogP contribution in [0.1, 0.15) is 44.9 Å². The normalized spacial score (nSPS) is 33.2. The second-order valence-electron chi connectivity index (χ2n) is 4.41. The molecule has 1 saturated heterocycles. The maximum Gasteiger partial charge on any atom is 0.0648 e. The van der Waals surface area contributed by atoms with Crippen LogP contribution in [-0.4, -0.2) is 23.3 Å². The molecule has 12 heavy (non-hydrogen) atoms. The van der Waals surface area contributed by atoms with E-state index < -0.39 is 0 Å². The van der Waals surface area contributed by atoms with Crippen molar-refractivity contribution in [3.05, 3.63) is 0 Å². The molecule has 2 heteroatoms. The summed E-state index contributed by atoms with van der Waals surface area (Å²) in [6.07, 6.45) is 8.15. The molecular formula is C10H19NO. The van der Waals surface area contributed by atoms with Gasteiger partial charge in [-0.2, -0.15) is 0 Å². The summed E-state index contributed by atoms with van der Waals surface area (Å²) < 4.78 is 0. The van der Waals surface area contributed by atoms with Gasteiger partial charge in [-0.15, -0.1) is 0 Å². The average Bonchev–Trinajstić information content (AvgIpc) is 2.49. The third kappa shape index (κ3) is 1.80. The highest BCUT2D eigenvalue weighted by atomic mass is 16.3. The molecule has 0 bridgehead atoms. The van der Waals surface area contributed by atoms with Gasteiger partial charge in [0.25, 0.3) is 0 Å². The highest BCUT2D eigenvalue weighted by Gasteiger charge is 2.34. The lowest BCUT2D eigenvalue weighted by molar-refractivity contribution is -0.0430. The third-order valence-electron chi connectivity index (χ3n) is 3.40. The highest BCUT2D eigenvalue weighted by molar-refractivity contribution is 4.89. The summed E-state index contributed by atoms with van der Waals surface area (Å²) in [6.45, 7) is 1.18. The van der Waals surface area contributed by atoms with E-state index in [1.165, 1.54) is 32.2 Å². The van der Waals surface area contributed by atoms with E-state index in [1.54, 1.807) is 0 Å². The van der Waals surface area contributed by atoms with Gasteiger partial charge in [-0.1, -0.05) is 0 Å². The molecular weight excluding hydrogens is 150 g/mol. The fraction of sp³-hybridized carbons (Fsp3) is 1.00. The summed E-state index contributed by atoms with van der Waals surface area (Å²) in [7, 11) is 0. The monoisotopic (exact) mass is 169 g/mol. The molecule has 1 saturated carbocycles. The van der Waals surface area contributed by atoms with Crippen molar-refractivity contribution in [3.8, 4) is 0 Å². The first-order valence-electron chi connectivity index (χ1n) is 5.24. The van der Waals surface area contributed by atoms with Crippen molar-refractivity contribution in [1.82, 2.24) is 5.32 Å². The summed E-state index contributed by atoms with van der Waals surface area (Å²) in [6, 6.07) is 0.703. The molecule has 0 aromatic heterocycles. The van der Waals surface area contributed by atoms with Crippen molar-refractivity contribution >= 4 is 0 Å². The van der Waals surface area contributed by atoms with Crippen LogP contribution in [-0.2, 0) is 0 Å². The first-order valence-corrected chi connectivity index (χ1v) is 5.24. The fourth-order valence-electron chi connectivity index (χ4n) is 2.28. The molecule has 0 aromatic rings. The van der Waals surface area contributed by atoms with Crippen LogP contribution in [0.5, 0.6) is 0 Å². The van der Waals surface area contributed by atoms with Gasteiger partial charge in [-0.3, -0.25) is 0 Å². The average molecular weight is 169 g/mol. The Morgan fingerprint density at radius 2 is 2.17 bits per heavy atom. The van der Waals surface area contributed by atoms with E-state index in [-0.39, 0.29) is 5.60 Å². The molecule has 2 rings (SSSR count). The minimum absolute atomic E-state index is 0.260. The Balaban J connectivity index is 1.67. The fourth-order valence-corrected chi connectivity index (χ4v) is 2.28. The van der Waals surface area contributed by atoms with E-state index in [0.717, 1.165) is 19.3 Å². The Morgan fingerprint density at radius 3 is 2.67 bits per heavy atom. The van der Waals surface area contributed by atoms with Gasteiger partial charge in [-0.25, -0.2) is 0 Å². The number of hydrogen-bond donors (Lipinski definition) is 2. The van der Waals surface area contributed by atoms with Crippen LogP contribution >= 0.6 is 0 Å². The van der Waals surface area contributed by atoms with Crippen molar-refractivity contribution < 1.29 is 5.11 Å². The van der Waals surface area contributed by atoms with E-state index in [9.17, 15) is 5.11 Å². The summed E-state index contributed by atoms with van der Waals surface area (Å²) in [5.41, 5.74) is -0.260. The van der Waals surface area contributed by atoms with Gasteiger partial charge >= 0.3 is 0 Å². The topological polar surface area (TPSA) is 32.3 Å². The third-order valence-corrected chi connectivity index (χ3v) is 3.40. The van der Waals surface area contributed by atoms with Gasteiger partial charge in [-0.05, 0) is 51.5 Å². The quantitative estimate of drug-likeness (QED) is 0.670. The second kappa shape index (κ2) is 3.35. The van der Waals surface area contributed by atoms with E-state index >= 15 is 0 Å². The molecule has 2 N–H and O–H groups in total. The van der Waals surface area contributed by atoms with Crippen LogP contribution in [0.15, 0.2) is 0 Å². The molecule has 1 aliphatic carbocycles. The first kappa shape index (κ1) is 8.52. The van der Waals surface area contributed by atoms with Crippen molar-refractivity contribution in [2.24, 2.45) is 0 Å². The van der Waals surface area contributed by atoms with Gasteiger partial charge in [0.1, 0.15) is 0 Å². The molecule has 0 amide bonds. The minimum atomic E-state index is -0.260. The largest absolute Gasteiger partial charge is 0.390 e. The first-order chi connectivity index (χ1) is 5.79. The van der Waals surface area contributed by atoms with Crippen molar-refractivity contribution in [3.63, 3.8) is 0 Å². The predicted octanol–water partition coefficient (Wildman–Crippen LogP) is 1.43. The molecule has 2 fully saturated rings. The smallest absolute Gasteiger partial charge is 0.0648 e. The second-order valence-corrected chi connectivity index (χ2v) is 4.41. The Bertz CT molecular complexity index is 148. The molecule has 1 unspecified atom stereocenters. The number of rotatable bonds is 3. The van der Waals surface area contributed by atoms with Crippen LogP contribution in [0.3, 0.4) is 0 Å². The van der Waals surface area contributed by atoms with Crippen LogP contribution < -0.4 is 5.32 Å².